The summed E-state index contributed by atoms with van der Waals surface area (Å²) in [4.78, 5) is 0. The lowest BCUT2D eigenvalue weighted by molar-refractivity contribution is 0.101. The first-order valence-corrected chi connectivity index (χ1v) is 11.2. The van der Waals surface area contributed by atoms with E-state index in [1.165, 1.54) is 63.4 Å². The molecule has 146 valence electrons. The molecular weight excluding hydrogens is 304 g/mol. The summed E-state index contributed by atoms with van der Waals surface area (Å²) in [7, 11) is 0. The van der Waals surface area contributed by atoms with Crippen molar-refractivity contribution in [1.29, 1.82) is 0 Å². The van der Waals surface area contributed by atoms with Crippen LogP contribution in [0.3, 0.4) is 0 Å². The van der Waals surface area contributed by atoms with Gasteiger partial charge in [-0.2, -0.15) is 0 Å². The summed E-state index contributed by atoms with van der Waals surface area (Å²) < 4.78 is 0. The monoisotopic (exact) mass is 348 g/mol. The highest BCUT2D eigenvalue weighted by atomic mass is 14.9. The van der Waals surface area contributed by atoms with Crippen molar-refractivity contribution in [1.82, 2.24) is 5.32 Å². The standard InChI is InChI=1S/C23H44N2/c1-5-6-7-20(15-24)16-25-19(4)22-12-18(3)13-23(14-22)21-10-8-17(2)9-11-21/h15,17-19,21-23,25H,5-14,16,24H2,1-4H3/b20-15+. The minimum absolute atomic E-state index is 0.615. The molecule has 0 saturated heterocycles. The van der Waals surface area contributed by atoms with Gasteiger partial charge in [-0.05, 0) is 93.2 Å². The Morgan fingerprint density at radius 2 is 1.76 bits per heavy atom. The lowest BCUT2D eigenvalue weighted by atomic mass is 9.65. The largest absolute Gasteiger partial charge is 0.405 e. The smallest absolute Gasteiger partial charge is 0.0184 e. The molecule has 2 aliphatic rings. The lowest BCUT2D eigenvalue weighted by Gasteiger charge is -2.42. The van der Waals surface area contributed by atoms with Gasteiger partial charge in [0.1, 0.15) is 0 Å². The fraction of sp³-hybridized carbons (Fsp3) is 0.913. The van der Waals surface area contributed by atoms with Gasteiger partial charge in [-0.25, -0.2) is 0 Å². The highest BCUT2D eigenvalue weighted by molar-refractivity contribution is 5.02. The van der Waals surface area contributed by atoms with Gasteiger partial charge < -0.3 is 11.1 Å². The molecule has 3 N–H and O–H groups in total. The predicted molar refractivity (Wildman–Crippen MR) is 110 cm³/mol. The molecule has 25 heavy (non-hydrogen) atoms. The molecule has 0 spiro atoms. The van der Waals surface area contributed by atoms with Crippen molar-refractivity contribution in [2.45, 2.75) is 97.9 Å². The third-order valence-electron chi connectivity index (χ3n) is 7.19. The zero-order valence-corrected chi connectivity index (χ0v) is 17.4. The van der Waals surface area contributed by atoms with Gasteiger partial charge >= 0.3 is 0 Å². The second-order valence-electron chi connectivity index (χ2n) is 9.45. The average molecular weight is 349 g/mol. The number of hydrogen-bond donors (Lipinski definition) is 2. The van der Waals surface area contributed by atoms with Gasteiger partial charge in [-0.15, -0.1) is 0 Å². The molecule has 0 aliphatic heterocycles. The number of nitrogens with one attached hydrogen (secondary N) is 1. The molecule has 4 atom stereocenters. The van der Waals surface area contributed by atoms with E-state index in [9.17, 15) is 0 Å². The summed E-state index contributed by atoms with van der Waals surface area (Å²) in [6.07, 6.45) is 15.7. The summed E-state index contributed by atoms with van der Waals surface area (Å²) in [6, 6.07) is 0.615. The first kappa shape index (κ1) is 20.8. The van der Waals surface area contributed by atoms with Gasteiger partial charge in [0.2, 0.25) is 0 Å². The van der Waals surface area contributed by atoms with E-state index < -0.39 is 0 Å². The summed E-state index contributed by atoms with van der Waals surface area (Å²) in [5.41, 5.74) is 7.21. The van der Waals surface area contributed by atoms with E-state index in [0.29, 0.717) is 6.04 Å². The van der Waals surface area contributed by atoms with Crippen LogP contribution in [0.25, 0.3) is 0 Å². The van der Waals surface area contributed by atoms with Gasteiger partial charge in [0.15, 0.2) is 0 Å². The highest BCUT2D eigenvalue weighted by Crippen LogP contribution is 2.44. The molecule has 0 aromatic carbocycles. The lowest BCUT2D eigenvalue weighted by Crippen LogP contribution is -2.40. The van der Waals surface area contributed by atoms with Crippen molar-refractivity contribution >= 4 is 0 Å². The molecule has 2 saturated carbocycles. The molecule has 0 aromatic rings. The molecular formula is C23H44N2. The Hall–Kier alpha value is -0.500. The predicted octanol–water partition coefficient (Wildman–Crippen LogP) is 5.88. The summed E-state index contributed by atoms with van der Waals surface area (Å²) in [5, 5.41) is 3.82. The number of unbranched alkanes of at least 4 members (excludes halogenated alkanes) is 1. The van der Waals surface area contributed by atoms with Gasteiger partial charge in [0.25, 0.3) is 0 Å². The van der Waals surface area contributed by atoms with E-state index in [0.717, 1.165) is 42.6 Å². The van der Waals surface area contributed by atoms with Crippen LogP contribution in [0.4, 0.5) is 0 Å². The summed E-state index contributed by atoms with van der Waals surface area (Å²) in [6.45, 7) is 10.6. The highest BCUT2D eigenvalue weighted by Gasteiger charge is 2.35. The van der Waals surface area contributed by atoms with Crippen molar-refractivity contribution in [2.75, 3.05) is 6.54 Å². The molecule has 0 aromatic heterocycles. The second-order valence-corrected chi connectivity index (χ2v) is 9.45. The van der Waals surface area contributed by atoms with Gasteiger partial charge in [-0.3, -0.25) is 0 Å². The van der Waals surface area contributed by atoms with Crippen LogP contribution in [0, 0.1) is 29.6 Å². The maximum absolute atomic E-state index is 5.83. The maximum atomic E-state index is 5.83. The second kappa shape index (κ2) is 10.6. The molecule has 4 unspecified atom stereocenters. The Bertz CT molecular complexity index is 395. The van der Waals surface area contributed by atoms with E-state index >= 15 is 0 Å². The van der Waals surface area contributed by atoms with E-state index in [2.05, 4.69) is 33.0 Å². The maximum Gasteiger partial charge on any atom is 0.0184 e. The number of hydrogen-bond acceptors (Lipinski definition) is 2. The third kappa shape index (κ3) is 6.62. The van der Waals surface area contributed by atoms with E-state index in [4.69, 9.17) is 5.73 Å². The molecule has 2 aliphatic carbocycles. The van der Waals surface area contributed by atoms with Crippen molar-refractivity contribution in [3.05, 3.63) is 11.8 Å². The summed E-state index contributed by atoms with van der Waals surface area (Å²) >= 11 is 0. The van der Waals surface area contributed by atoms with Crippen LogP contribution in [-0.2, 0) is 0 Å². The van der Waals surface area contributed by atoms with Crippen molar-refractivity contribution in [3.63, 3.8) is 0 Å². The van der Waals surface area contributed by atoms with Crippen molar-refractivity contribution in [3.8, 4) is 0 Å². The Kier molecular flexibility index (Phi) is 8.82. The van der Waals surface area contributed by atoms with Crippen molar-refractivity contribution < 1.29 is 0 Å². The average Bonchev–Trinajstić information content (AvgIpc) is 2.61. The third-order valence-corrected chi connectivity index (χ3v) is 7.19. The van der Waals surface area contributed by atoms with E-state index in [-0.39, 0.29) is 0 Å². The van der Waals surface area contributed by atoms with E-state index in [1.54, 1.807) is 0 Å². The molecule has 2 rings (SSSR count). The van der Waals surface area contributed by atoms with Gasteiger partial charge in [0.05, 0.1) is 0 Å². The molecule has 2 heteroatoms. The number of nitrogens with two attached hydrogens (primary N) is 1. The quantitative estimate of drug-likeness (QED) is 0.575. The fourth-order valence-corrected chi connectivity index (χ4v) is 5.35. The zero-order valence-electron chi connectivity index (χ0n) is 17.4. The van der Waals surface area contributed by atoms with Crippen LogP contribution < -0.4 is 11.1 Å². The van der Waals surface area contributed by atoms with Crippen molar-refractivity contribution in [2.24, 2.45) is 35.3 Å². The Morgan fingerprint density at radius 3 is 2.40 bits per heavy atom. The van der Waals surface area contributed by atoms with Gasteiger partial charge in [-0.1, -0.05) is 40.0 Å². The van der Waals surface area contributed by atoms with Crippen LogP contribution in [0.5, 0.6) is 0 Å². The molecule has 2 nitrogen and oxygen atoms in total. The minimum Gasteiger partial charge on any atom is -0.405 e. The van der Waals surface area contributed by atoms with Crippen LogP contribution in [0.1, 0.15) is 91.9 Å². The zero-order chi connectivity index (χ0) is 18.2. The topological polar surface area (TPSA) is 38.0 Å². The van der Waals surface area contributed by atoms with E-state index in [1.807, 2.05) is 6.20 Å². The normalized spacial score (nSPS) is 35.5. The Labute approximate surface area is 157 Å². The molecule has 0 radical (unpaired) electrons. The molecule has 0 amide bonds. The van der Waals surface area contributed by atoms with Crippen LogP contribution in [0.2, 0.25) is 0 Å². The fourth-order valence-electron chi connectivity index (χ4n) is 5.35. The Morgan fingerprint density at radius 1 is 1.04 bits per heavy atom. The minimum atomic E-state index is 0.615. The first-order valence-electron chi connectivity index (χ1n) is 11.2. The Balaban J connectivity index is 1.83. The number of rotatable bonds is 8. The van der Waals surface area contributed by atoms with Crippen LogP contribution in [0.15, 0.2) is 11.8 Å². The first-order chi connectivity index (χ1) is 12.0. The molecule has 0 bridgehead atoms. The van der Waals surface area contributed by atoms with Crippen LogP contribution >= 0.6 is 0 Å². The SMILES string of the molecule is CCCC/C(=C\N)CNC(C)C1CC(C)CC(C2CCC(C)CC2)C1. The van der Waals surface area contributed by atoms with Gasteiger partial charge in [0, 0.05) is 12.6 Å². The molecule has 0 heterocycles. The van der Waals surface area contributed by atoms with Crippen LogP contribution in [-0.4, -0.2) is 12.6 Å². The molecule has 2 fully saturated rings. The summed E-state index contributed by atoms with van der Waals surface area (Å²) in [5.74, 6) is 4.71.